The third kappa shape index (κ3) is 5.85. The molecule has 0 spiro atoms. The Balaban J connectivity index is 0.000000191. The molecule has 4 heteroatoms. The Morgan fingerprint density at radius 2 is 1.84 bits per heavy atom. The van der Waals surface area contributed by atoms with E-state index in [1.165, 1.54) is 0 Å². The van der Waals surface area contributed by atoms with Gasteiger partial charge in [-0.25, -0.2) is 4.39 Å². The second-order valence-corrected chi connectivity index (χ2v) is 5.54. The summed E-state index contributed by atoms with van der Waals surface area (Å²) in [4.78, 5) is 0. The molecule has 2 rings (SSSR count). The molecule has 0 bridgehead atoms. The number of hydrogen-bond donors (Lipinski definition) is 2. The Morgan fingerprint density at radius 3 is 2.32 bits per heavy atom. The number of hydrogen-bond acceptors (Lipinski definition) is 3. The maximum absolute atomic E-state index is 13.2. The molecule has 0 aromatic heterocycles. The van der Waals surface area contributed by atoms with Gasteiger partial charge in [0.25, 0.3) is 0 Å². The molecule has 2 aliphatic rings. The van der Waals surface area contributed by atoms with E-state index in [9.17, 15) is 4.39 Å². The fourth-order valence-electron chi connectivity index (χ4n) is 2.36. The fourth-order valence-corrected chi connectivity index (χ4v) is 2.36. The van der Waals surface area contributed by atoms with Crippen LogP contribution in [0.15, 0.2) is 25.3 Å². The summed E-state index contributed by atoms with van der Waals surface area (Å²) in [5.41, 5.74) is -0.984. The highest BCUT2D eigenvalue weighted by molar-refractivity contribution is 4.93. The van der Waals surface area contributed by atoms with Crippen LogP contribution in [0, 0.1) is 0 Å². The van der Waals surface area contributed by atoms with Crippen molar-refractivity contribution in [1.29, 1.82) is 0 Å². The molecule has 0 aromatic carbocycles. The minimum atomic E-state index is -0.984. The zero-order chi connectivity index (χ0) is 14.2. The average Bonchev–Trinajstić information content (AvgIpc) is 2.78. The van der Waals surface area contributed by atoms with Crippen LogP contribution in [0.3, 0.4) is 0 Å². The smallest absolute Gasteiger partial charge is 0.128 e. The Hall–Kier alpha value is -0.710. The molecule has 110 valence electrons. The molecular weight excluding hydrogens is 243 g/mol. The molecule has 2 atom stereocenters. The van der Waals surface area contributed by atoms with Crippen LogP contribution in [0.4, 0.5) is 4.39 Å². The van der Waals surface area contributed by atoms with Crippen molar-refractivity contribution < 1.29 is 9.13 Å². The highest BCUT2D eigenvalue weighted by atomic mass is 19.1. The van der Waals surface area contributed by atoms with E-state index in [4.69, 9.17) is 4.74 Å². The molecule has 0 unspecified atom stereocenters. The summed E-state index contributed by atoms with van der Waals surface area (Å²) in [5, 5.41) is 6.26. The maximum atomic E-state index is 13.2. The van der Waals surface area contributed by atoms with E-state index < -0.39 is 5.67 Å². The largest absolute Gasteiger partial charge is 0.372 e. The van der Waals surface area contributed by atoms with Crippen molar-refractivity contribution in [3.63, 3.8) is 0 Å². The number of alkyl halides is 1. The minimum Gasteiger partial charge on any atom is -0.372 e. The quantitative estimate of drug-likeness (QED) is 0.768. The molecule has 2 saturated heterocycles. The van der Waals surface area contributed by atoms with E-state index in [-0.39, 0.29) is 5.60 Å². The van der Waals surface area contributed by atoms with Crippen LogP contribution in [0.2, 0.25) is 0 Å². The third-order valence-corrected chi connectivity index (χ3v) is 3.51. The molecule has 2 N–H and O–H groups in total. The van der Waals surface area contributed by atoms with E-state index in [0.29, 0.717) is 19.4 Å². The number of rotatable bonds is 4. The predicted molar refractivity (Wildman–Crippen MR) is 78.2 cm³/mol. The Morgan fingerprint density at radius 1 is 1.16 bits per heavy atom. The van der Waals surface area contributed by atoms with Crippen molar-refractivity contribution in [2.24, 2.45) is 0 Å². The van der Waals surface area contributed by atoms with Crippen LogP contribution in [-0.4, -0.2) is 44.1 Å². The molecule has 2 aliphatic heterocycles. The van der Waals surface area contributed by atoms with Crippen molar-refractivity contribution >= 4 is 0 Å². The number of ether oxygens (including phenoxy) is 1. The summed E-state index contributed by atoms with van der Waals surface area (Å²) in [6.07, 6.45) is 5.61. The van der Waals surface area contributed by atoms with Gasteiger partial charge >= 0.3 is 0 Å². The van der Waals surface area contributed by atoms with Crippen molar-refractivity contribution in [3.05, 3.63) is 25.3 Å². The summed E-state index contributed by atoms with van der Waals surface area (Å²) in [7, 11) is 0. The number of allylic oxidation sites excluding steroid dienone is 1. The first-order valence-corrected chi connectivity index (χ1v) is 7.00. The van der Waals surface area contributed by atoms with Crippen molar-refractivity contribution in [2.45, 2.75) is 37.5 Å². The van der Waals surface area contributed by atoms with Crippen LogP contribution in [0.25, 0.3) is 0 Å². The van der Waals surface area contributed by atoms with Crippen LogP contribution < -0.4 is 10.6 Å². The molecule has 0 radical (unpaired) electrons. The van der Waals surface area contributed by atoms with Crippen molar-refractivity contribution in [1.82, 2.24) is 10.6 Å². The molecule has 0 aliphatic carbocycles. The summed E-state index contributed by atoms with van der Waals surface area (Å²) in [5.74, 6) is 0. The zero-order valence-electron chi connectivity index (χ0n) is 12.0. The molecular formula is C15H27FN2O. The minimum absolute atomic E-state index is 0. The van der Waals surface area contributed by atoms with Gasteiger partial charge in [0.15, 0.2) is 0 Å². The van der Waals surface area contributed by atoms with Crippen molar-refractivity contribution in [2.75, 3.05) is 32.8 Å². The highest BCUT2D eigenvalue weighted by Crippen LogP contribution is 2.23. The van der Waals surface area contributed by atoms with Gasteiger partial charge in [-0.05, 0) is 26.3 Å². The first-order chi connectivity index (χ1) is 9.04. The first kappa shape index (κ1) is 16.3. The second kappa shape index (κ2) is 7.78. The average molecular weight is 270 g/mol. The molecule has 2 fully saturated rings. The third-order valence-electron chi connectivity index (χ3n) is 3.51. The van der Waals surface area contributed by atoms with Crippen LogP contribution in [0.5, 0.6) is 0 Å². The molecule has 2 heterocycles. The normalized spacial score (nSPS) is 34.2. The Labute approximate surface area is 116 Å². The molecule has 3 nitrogen and oxygen atoms in total. The van der Waals surface area contributed by atoms with Gasteiger partial charge in [-0.2, -0.15) is 0 Å². The summed E-state index contributed by atoms with van der Waals surface area (Å²) in [6.45, 7) is 13.4. The zero-order valence-corrected chi connectivity index (χ0v) is 12.0. The number of halogens is 1. The number of morpholine rings is 1. The maximum Gasteiger partial charge on any atom is 0.128 e. The molecule has 19 heavy (non-hydrogen) atoms. The lowest BCUT2D eigenvalue weighted by Gasteiger charge is -2.33. The van der Waals surface area contributed by atoms with Gasteiger partial charge in [-0.15, -0.1) is 13.2 Å². The summed E-state index contributed by atoms with van der Waals surface area (Å²) < 4.78 is 18.8. The summed E-state index contributed by atoms with van der Waals surface area (Å²) >= 11 is 0. The lowest BCUT2D eigenvalue weighted by molar-refractivity contribution is -0.0498. The van der Waals surface area contributed by atoms with E-state index in [2.05, 4.69) is 30.7 Å². The van der Waals surface area contributed by atoms with Gasteiger partial charge in [0.2, 0.25) is 0 Å². The van der Waals surface area contributed by atoms with Gasteiger partial charge in [0.1, 0.15) is 5.67 Å². The van der Waals surface area contributed by atoms with Gasteiger partial charge in [0.05, 0.1) is 12.2 Å². The topological polar surface area (TPSA) is 33.3 Å². The van der Waals surface area contributed by atoms with Gasteiger partial charge in [0, 0.05) is 26.1 Å². The van der Waals surface area contributed by atoms with Gasteiger partial charge in [-0.3, -0.25) is 0 Å². The van der Waals surface area contributed by atoms with E-state index in [1.54, 1.807) is 6.08 Å². The van der Waals surface area contributed by atoms with Gasteiger partial charge in [-0.1, -0.05) is 12.2 Å². The second-order valence-electron chi connectivity index (χ2n) is 5.54. The lowest BCUT2D eigenvalue weighted by Crippen LogP contribution is -2.47. The highest BCUT2D eigenvalue weighted by Gasteiger charge is 2.31. The fraction of sp³-hybridized carbons (Fsp3) is 0.733. The molecule has 0 saturated carbocycles. The Bertz CT molecular complexity index is 282. The van der Waals surface area contributed by atoms with E-state index >= 15 is 0 Å². The van der Waals surface area contributed by atoms with Crippen molar-refractivity contribution in [3.8, 4) is 0 Å². The SMILES string of the molecule is C=CC[C@@]1(C)CNCCO1.C=CC[C@]1(F)CCNC1. The predicted octanol–water partition coefficient (Wildman–Crippen LogP) is 2.21. The first-order valence-electron chi connectivity index (χ1n) is 7.00. The standard InChI is InChI=1S/C8H15NO.C7H12FN/c1-3-4-8(2)7-9-5-6-10-8;1-2-3-7(8)4-5-9-6-7/h3,9H,1,4-7H2,2H3;2,9H,1,3-6H2/t8-;7-/m00/s1. The van der Waals surface area contributed by atoms with E-state index in [0.717, 1.165) is 32.7 Å². The monoisotopic (exact) mass is 270 g/mol. The molecule has 0 aromatic rings. The van der Waals surface area contributed by atoms with Gasteiger partial charge < -0.3 is 15.4 Å². The summed E-state index contributed by atoms with van der Waals surface area (Å²) in [6, 6.07) is 0. The van der Waals surface area contributed by atoms with E-state index in [1.807, 2.05) is 6.08 Å². The number of nitrogens with one attached hydrogen (secondary N) is 2. The Kier molecular flexibility index (Phi) is 6.69. The molecule has 0 amide bonds. The lowest BCUT2D eigenvalue weighted by atomic mass is 10.0. The van der Waals surface area contributed by atoms with Crippen LogP contribution in [0.1, 0.15) is 26.2 Å². The van der Waals surface area contributed by atoms with Crippen LogP contribution >= 0.6 is 0 Å². The van der Waals surface area contributed by atoms with Crippen LogP contribution in [-0.2, 0) is 4.74 Å².